The quantitative estimate of drug-likeness (QED) is 0.811. The third-order valence-corrected chi connectivity index (χ3v) is 2.93. The van der Waals surface area contributed by atoms with Crippen LogP contribution in [0, 0.1) is 6.92 Å². The summed E-state index contributed by atoms with van der Waals surface area (Å²) in [4.78, 5) is 12.1. The fourth-order valence-electron chi connectivity index (χ4n) is 1.82. The average molecular weight is 257 g/mol. The normalized spacial score (nSPS) is 9.74. The minimum Gasteiger partial charge on any atom is -0.348 e. The van der Waals surface area contributed by atoms with E-state index in [1.54, 1.807) is 0 Å². The number of hydrogen-bond donors (Lipinski definition) is 1. The predicted molar refractivity (Wildman–Crippen MR) is 81.3 cm³/mol. The largest absolute Gasteiger partial charge is 0.348 e. The van der Waals surface area contributed by atoms with Crippen LogP contribution in [0.4, 0.5) is 0 Å². The van der Waals surface area contributed by atoms with Crippen LogP contribution in [0.5, 0.6) is 0 Å². The van der Waals surface area contributed by atoms with Crippen molar-refractivity contribution in [1.29, 1.82) is 0 Å². The molecule has 0 aromatic heterocycles. The number of carbonyl (C=O) groups excluding carboxylic acids is 1. The Morgan fingerprint density at radius 1 is 1.16 bits per heavy atom. The molecule has 2 heteroatoms. The van der Waals surface area contributed by atoms with Gasteiger partial charge in [0.15, 0.2) is 0 Å². The third kappa shape index (κ3) is 4.74. The highest BCUT2D eigenvalue weighted by molar-refractivity contribution is 5.95. The van der Waals surface area contributed by atoms with E-state index in [2.05, 4.69) is 39.1 Å². The summed E-state index contributed by atoms with van der Waals surface area (Å²) in [5, 5.41) is 2.99. The number of rotatable bonds is 4. The molecule has 2 nitrogen and oxygen atoms in total. The smallest absolute Gasteiger partial charge is 0.251 e. The van der Waals surface area contributed by atoms with Crippen LogP contribution >= 0.6 is 0 Å². The Balaban J connectivity index is 2.77. The molecular formula is C17H23NO. The Morgan fingerprint density at radius 2 is 1.79 bits per heavy atom. The van der Waals surface area contributed by atoms with E-state index in [4.69, 9.17) is 0 Å². The standard InChI is InChI=1S/C17H23NO/c1-12(2)10-15(13(3)4)11-18-17(19)16-9-7-6-8-14(16)5/h6-10H,11H2,1-5H3,(H,18,19). The number of benzene rings is 1. The van der Waals surface area contributed by atoms with Crippen LogP contribution in [0.3, 0.4) is 0 Å². The van der Waals surface area contributed by atoms with Crippen LogP contribution in [0.2, 0.25) is 0 Å². The summed E-state index contributed by atoms with van der Waals surface area (Å²) in [7, 11) is 0. The zero-order chi connectivity index (χ0) is 14.4. The van der Waals surface area contributed by atoms with E-state index in [1.165, 1.54) is 16.7 Å². The zero-order valence-electron chi connectivity index (χ0n) is 12.5. The molecule has 0 aliphatic heterocycles. The van der Waals surface area contributed by atoms with Crippen molar-refractivity contribution < 1.29 is 4.79 Å². The topological polar surface area (TPSA) is 29.1 Å². The molecule has 1 N–H and O–H groups in total. The van der Waals surface area contributed by atoms with Gasteiger partial charge in [-0.2, -0.15) is 0 Å². The molecule has 1 aromatic rings. The fourth-order valence-corrected chi connectivity index (χ4v) is 1.82. The van der Waals surface area contributed by atoms with Crippen LogP contribution in [-0.4, -0.2) is 12.5 Å². The van der Waals surface area contributed by atoms with E-state index in [9.17, 15) is 4.79 Å². The van der Waals surface area contributed by atoms with Gasteiger partial charge >= 0.3 is 0 Å². The summed E-state index contributed by atoms with van der Waals surface area (Å²) in [6, 6.07) is 7.64. The number of nitrogens with one attached hydrogen (secondary N) is 1. The lowest BCUT2D eigenvalue weighted by atomic mass is 10.1. The van der Waals surface area contributed by atoms with E-state index in [0.717, 1.165) is 11.1 Å². The van der Waals surface area contributed by atoms with Crippen molar-refractivity contribution in [3.05, 3.63) is 58.2 Å². The fraction of sp³-hybridized carbons (Fsp3) is 0.353. The van der Waals surface area contributed by atoms with Gasteiger partial charge in [0.1, 0.15) is 0 Å². The van der Waals surface area contributed by atoms with Crippen molar-refractivity contribution in [2.24, 2.45) is 0 Å². The van der Waals surface area contributed by atoms with Crippen molar-refractivity contribution >= 4 is 5.91 Å². The Bertz CT molecular complexity index is 516. The van der Waals surface area contributed by atoms with Crippen LogP contribution in [0.1, 0.15) is 43.6 Å². The lowest BCUT2D eigenvalue weighted by molar-refractivity contribution is 0.0956. The lowest BCUT2D eigenvalue weighted by Crippen LogP contribution is -2.26. The average Bonchev–Trinajstić information content (AvgIpc) is 2.34. The number of hydrogen-bond acceptors (Lipinski definition) is 1. The molecule has 102 valence electrons. The molecule has 1 aromatic carbocycles. The number of carbonyl (C=O) groups is 1. The van der Waals surface area contributed by atoms with E-state index < -0.39 is 0 Å². The minimum absolute atomic E-state index is 0.0148. The van der Waals surface area contributed by atoms with Crippen LogP contribution in [0.25, 0.3) is 0 Å². The maximum absolute atomic E-state index is 12.1. The molecule has 0 aliphatic rings. The summed E-state index contributed by atoms with van der Waals surface area (Å²) < 4.78 is 0. The molecule has 0 atom stereocenters. The zero-order valence-corrected chi connectivity index (χ0v) is 12.5. The van der Waals surface area contributed by atoms with Crippen molar-refractivity contribution in [3.63, 3.8) is 0 Å². The molecule has 0 fully saturated rings. The molecular weight excluding hydrogens is 234 g/mol. The second-order valence-electron chi connectivity index (χ2n) is 5.24. The van der Waals surface area contributed by atoms with Gasteiger partial charge in [0.05, 0.1) is 0 Å². The van der Waals surface area contributed by atoms with Gasteiger partial charge in [-0.05, 0) is 51.8 Å². The second-order valence-corrected chi connectivity index (χ2v) is 5.24. The summed E-state index contributed by atoms with van der Waals surface area (Å²) in [5.41, 5.74) is 5.38. The molecule has 19 heavy (non-hydrogen) atoms. The van der Waals surface area contributed by atoms with Gasteiger partial charge in [0.25, 0.3) is 5.91 Å². The van der Waals surface area contributed by atoms with Gasteiger partial charge < -0.3 is 5.32 Å². The minimum atomic E-state index is -0.0148. The molecule has 0 heterocycles. The highest BCUT2D eigenvalue weighted by Gasteiger charge is 2.08. The van der Waals surface area contributed by atoms with Gasteiger partial charge in [-0.3, -0.25) is 4.79 Å². The molecule has 1 rings (SSSR count). The molecule has 0 spiro atoms. The first kappa shape index (κ1) is 15.2. The van der Waals surface area contributed by atoms with E-state index in [-0.39, 0.29) is 5.91 Å². The van der Waals surface area contributed by atoms with Crippen molar-refractivity contribution in [2.75, 3.05) is 6.54 Å². The van der Waals surface area contributed by atoms with Crippen LogP contribution < -0.4 is 5.32 Å². The predicted octanol–water partition coefficient (Wildman–Crippen LogP) is 4.03. The van der Waals surface area contributed by atoms with Crippen molar-refractivity contribution in [2.45, 2.75) is 34.6 Å². The van der Waals surface area contributed by atoms with E-state index in [1.807, 2.05) is 31.2 Å². The Labute approximate surface area is 116 Å². The van der Waals surface area contributed by atoms with Crippen molar-refractivity contribution in [1.82, 2.24) is 5.32 Å². The van der Waals surface area contributed by atoms with Gasteiger partial charge in [-0.25, -0.2) is 0 Å². The van der Waals surface area contributed by atoms with Gasteiger partial charge in [0.2, 0.25) is 0 Å². The third-order valence-electron chi connectivity index (χ3n) is 2.93. The Kier molecular flexibility index (Phi) is 5.56. The summed E-state index contributed by atoms with van der Waals surface area (Å²) in [6.45, 7) is 10.8. The highest BCUT2D eigenvalue weighted by atomic mass is 16.1. The molecule has 0 bridgehead atoms. The molecule has 0 saturated carbocycles. The monoisotopic (exact) mass is 257 g/mol. The van der Waals surface area contributed by atoms with Gasteiger partial charge in [0, 0.05) is 12.1 Å². The van der Waals surface area contributed by atoms with E-state index in [0.29, 0.717) is 6.54 Å². The Morgan fingerprint density at radius 3 is 2.32 bits per heavy atom. The SMILES string of the molecule is CC(C)=CC(CNC(=O)c1ccccc1C)=C(C)C. The first-order valence-corrected chi connectivity index (χ1v) is 6.57. The first-order valence-electron chi connectivity index (χ1n) is 6.57. The van der Waals surface area contributed by atoms with Crippen molar-refractivity contribution in [3.8, 4) is 0 Å². The van der Waals surface area contributed by atoms with Crippen LogP contribution in [0.15, 0.2) is 47.1 Å². The van der Waals surface area contributed by atoms with Gasteiger partial charge in [-0.15, -0.1) is 0 Å². The first-order chi connectivity index (χ1) is 8.91. The van der Waals surface area contributed by atoms with E-state index >= 15 is 0 Å². The molecule has 0 radical (unpaired) electrons. The molecule has 0 aliphatic carbocycles. The van der Waals surface area contributed by atoms with Crippen LogP contribution in [-0.2, 0) is 0 Å². The summed E-state index contributed by atoms with van der Waals surface area (Å²) in [6.07, 6.45) is 2.12. The maximum atomic E-state index is 12.1. The number of aryl methyl sites for hydroxylation is 1. The highest BCUT2D eigenvalue weighted by Crippen LogP contribution is 2.09. The summed E-state index contributed by atoms with van der Waals surface area (Å²) in [5.74, 6) is -0.0148. The number of allylic oxidation sites excluding steroid dienone is 2. The second kappa shape index (κ2) is 6.93. The number of amides is 1. The molecule has 0 unspecified atom stereocenters. The Hall–Kier alpha value is -1.83. The molecule has 0 saturated heterocycles. The molecule has 1 amide bonds. The maximum Gasteiger partial charge on any atom is 0.251 e. The van der Waals surface area contributed by atoms with Gasteiger partial charge in [-0.1, -0.05) is 35.4 Å². The lowest BCUT2D eigenvalue weighted by Gasteiger charge is -2.10. The summed E-state index contributed by atoms with van der Waals surface area (Å²) >= 11 is 0.